The first kappa shape index (κ1) is 28.1. The predicted octanol–water partition coefficient (Wildman–Crippen LogP) is 11.0. The van der Waals surface area contributed by atoms with Crippen LogP contribution in [0.5, 0.6) is 0 Å². The van der Waals surface area contributed by atoms with E-state index in [1.54, 1.807) is 0 Å². The van der Waals surface area contributed by atoms with Crippen molar-refractivity contribution in [3.63, 3.8) is 0 Å². The van der Waals surface area contributed by atoms with Gasteiger partial charge in [-0.05, 0) is 94.2 Å². The second-order valence-corrected chi connectivity index (χ2v) is 12.4. The van der Waals surface area contributed by atoms with Crippen LogP contribution in [-0.2, 0) is 0 Å². The molecule has 2 bridgehead atoms. The minimum atomic E-state index is 0.0651. The van der Waals surface area contributed by atoms with Crippen LogP contribution in [-0.4, -0.2) is 11.8 Å². The molecule has 228 valence electrons. The number of aliphatic imine (C=N–C) groups is 1. The first-order valence-corrected chi connectivity index (χ1v) is 16.5. The molecule has 0 N–H and O–H groups in total. The van der Waals surface area contributed by atoms with Crippen molar-refractivity contribution in [1.82, 2.24) is 0 Å². The van der Waals surface area contributed by atoms with Gasteiger partial charge < -0.3 is 9.80 Å². The maximum Gasteiger partial charge on any atom is 0.120 e. The average Bonchev–Trinajstić information content (AvgIpc) is 3.99. The summed E-state index contributed by atoms with van der Waals surface area (Å²) in [4.78, 5) is 9.72. The Kier molecular flexibility index (Phi) is 6.94. The van der Waals surface area contributed by atoms with E-state index in [0.29, 0.717) is 0 Å². The summed E-state index contributed by atoms with van der Waals surface area (Å²) in [5.74, 6) is 0.284. The highest BCUT2D eigenvalue weighted by Crippen LogP contribution is 2.43. The Hall–Kier alpha value is -6.19. The van der Waals surface area contributed by atoms with Crippen molar-refractivity contribution in [1.29, 1.82) is 0 Å². The van der Waals surface area contributed by atoms with Crippen molar-refractivity contribution in [3.05, 3.63) is 211 Å². The largest absolute Gasteiger partial charge is 0.310 e. The van der Waals surface area contributed by atoms with E-state index in [-0.39, 0.29) is 12.0 Å². The summed E-state index contributed by atoms with van der Waals surface area (Å²) in [5, 5.41) is 2.46. The summed E-state index contributed by atoms with van der Waals surface area (Å²) in [6, 6.07) is 45.4. The third-order valence-electron chi connectivity index (χ3n) is 9.34. The number of hydrogen-bond acceptors (Lipinski definition) is 3. The predicted molar refractivity (Wildman–Crippen MR) is 202 cm³/mol. The molecule has 2 unspecified atom stereocenters. The van der Waals surface area contributed by atoms with Crippen molar-refractivity contribution in [2.75, 3.05) is 9.80 Å². The molecule has 5 aromatic rings. The fourth-order valence-corrected chi connectivity index (χ4v) is 6.94. The van der Waals surface area contributed by atoms with Gasteiger partial charge in [0.15, 0.2) is 0 Å². The van der Waals surface area contributed by atoms with Crippen LogP contribution in [0.1, 0.15) is 5.56 Å². The van der Waals surface area contributed by atoms with Gasteiger partial charge in [0.25, 0.3) is 0 Å². The molecule has 0 amide bonds. The maximum absolute atomic E-state index is 5.05. The SMILES string of the molecule is C1=CC2=CC(C=C1)C=CC(N(c1ccccc1)c1ccc(C3=CC=C(N(c4ccccc4)c4ccc5ccccc5c4)C4=NC34)cc1)=C2. The number of para-hydroxylation sites is 2. The van der Waals surface area contributed by atoms with Crippen molar-refractivity contribution in [3.8, 4) is 0 Å². The fourth-order valence-electron chi connectivity index (χ4n) is 6.94. The molecule has 9 rings (SSSR count). The lowest BCUT2D eigenvalue weighted by Crippen LogP contribution is -2.23. The molecule has 1 heterocycles. The molecule has 0 aromatic heterocycles. The first-order chi connectivity index (χ1) is 23.8. The molecule has 0 fully saturated rings. The van der Waals surface area contributed by atoms with Crippen LogP contribution in [0.2, 0.25) is 0 Å². The molecule has 0 saturated heterocycles. The average molecular weight is 616 g/mol. The molecule has 5 aromatic carbocycles. The molecule has 1 aliphatic heterocycles. The summed E-state index contributed by atoms with van der Waals surface area (Å²) in [6.45, 7) is 0. The van der Waals surface area contributed by atoms with E-state index in [0.717, 1.165) is 39.9 Å². The number of rotatable bonds is 7. The Morgan fingerprint density at radius 2 is 1.23 bits per heavy atom. The Morgan fingerprint density at radius 3 is 2.02 bits per heavy atom. The van der Waals surface area contributed by atoms with E-state index in [9.17, 15) is 0 Å². The second kappa shape index (κ2) is 11.9. The van der Waals surface area contributed by atoms with E-state index in [4.69, 9.17) is 4.99 Å². The molecule has 0 spiro atoms. The monoisotopic (exact) mass is 615 g/mol. The van der Waals surface area contributed by atoms with Crippen LogP contribution >= 0.6 is 0 Å². The van der Waals surface area contributed by atoms with Gasteiger partial charge in [0.05, 0.1) is 11.4 Å². The minimum Gasteiger partial charge on any atom is -0.310 e. The van der Waals surface area contributed by atoms with Crippen LogP contribution in [0, 0.1) is 5.92 Å². The molecule has 3 nitrogen and oxygen atoms in total. The molecular weight excluding hydrogens is 583 g/mol. The Balaban J connectivity index is 1.06. The van der Waals surface area contributed by atoms with E-state index >= 15 is 0 Å². The third-order valence-corrected chi connectivity index (χ3v) is 9.34. The summed E-state index contributed by atoms with van der Waals surface area (Å²) >= 11 is 0. The lowest BCUT2D eigenvalue weighted by atomic mass is 9.94. The first-order valence-electron chi connectivity index (χ1n) is 16.5. The summed E-state index contributed by atoms with van der Waals surface area (Å²) in [6.07, 6.45) is 22.2. The number of hydrogen-bond donors (Lipinski definition) is 0. The van der Waals surface area contributed by atoms with Crippen molar-refractivity contribution >= 4 is 44.8 Å². The summed E-state index contributed by atoms with van der Waals surface area (Å²) in [7, 11) is 0. The standard InChI is InChI=1S/C45H33N3/c1-3-15-37(16-4-1)47(40-23-19-32-11-7-8-12-33(29-32)30-40)39-24-21-35(22-25-39)42-27-28-43(45-44(42)46-45)48(38-17-5-2-6-18-38)41-26-20-34-13-9-10-14-36(34)31-41/h1-32,44H. The zero-order valence-electron chi connectivity index (χ0n) is 26.4. The van der Waals surface area contributed by atoms with Gasteiger partial charge in [0.2, 0.25) is 0 Å². The van der Waals surface area contributed by atoms with Gasteiger partial charge in [0.1, 0.15) is 6.04 Å². The van der Waals surface area contributed by atoms with E-state index in [1.165, 1.54) is 27.5 Å². The summed E-state index contributed by atoms with van der Waals surface area (Å²) in [5.41, 5.74) is 11.5. The number of nitrogens with zero attached hydrogens (tertiary/aromatic N) is 3. The number of anilines is 4. The van der Waals surface area contributed by atoms with E-state index in [1.807, 2.05) is 0 Å². The molecule has 0 radical (unpaired) electrons. The zero-order chi connectivity index (χ0) is 31.9. The van der Waals surface area contributed by atoms with Gasteiger partial charge in [-0.25, -0.2) is 0 Å². The van der Waals surface area contributed by atoms with Gasteiger partial charge in [-0.3, -0.25) is 4.99 Å². The topological polar surface area (TPSA) is 18.8 Å². The van der Waals surface area contributed by atoms with Gasteiger partial charge in [0, 0.05) is 34.4 Å². The van der Waals surface area contributed by atoms with Gasteiger partial charge in [-0.1, -0.05) is 121 Å². The smallest absolute Gasteiger partial charge is 0.120 e. The van der Waals surface area contributed by atoms with Gasteiger partial charge >= 0.3 is 0 Å². The Morgan fingerprint density at radius 1 is 0.542 bits per heavy atom. The third kappa shape index (κ3) is 5.26. The Labute approximate surface area is 281 Å². The van der Waals surface area contributed by atoms with E-state index < -0.39 is 0 Å². The lowest BCUT2D eigenvalue weighted by Gasteiger charge is -2.28. The van der Waals surface area contributed by atoms with Crippen LogP contribution < -0.4 is 9.80 Å². The highest BCUT2D eigenvalue weighted by Gasteiger charge is 2.39. The normalized spacial score (nSPS) is 18.8. The van der Waals surface area contributed by atoms with Crippen molar-refractivity contribution in [2.24, 2.45) is 10.9 Å². The van der Waals surface area contributed by atoms with Crippen LogP contribution in [0.15, 0.2) is 210 Å². The van der Waals surface area contributed by atoms with Crippen molar-refractivity contribution < 1.29 is 0 Å². The summed E-state index contributed by atoms with van der Waals surface area (Å²) < 4.78 is 0. The quantitative estimate of drug-likeness (QED) is 0.181. The molecule has 3 heteroatoms. The number of fused-ring (bicyclic) bond motifs is 3. The molecule has 2 atom stereocenters. The van der Waals surface area contributed by atoms with Gasteiger partial charge in [-0.2, -0.15) is 0 Å². The van der Waals surface area contributed by atoms with Crippen LogP contribution in [0.4, 0.5) is 22.7 Å². The zero-order valence-corrected chi connectivity index (χ0v) is 26.4. The number of benzene rings is 5. The van der Waals surface area contributed by atoms with Crippen molar-refractivity contribution in [2.45, 2.75) is 6.04 Å². The second-order valence-electron chi connectivity index (χ2n) is 12.4. The molecular formula is C45H33N3. The molecule has 4 aliphatic rings. The maximum atomic E-state index is 5.05. The highest BCUT2D eigenvalue weighted by molar-refractivity contribution is 6.24. The van der Waals surface area contributed by atoms with Crippen LogP contribution in [0.3, 0.4) is 0 Å². The lowest BCUT2D eigenvalue weighted by molar-refractivity contribution is 1.06. The molecule has 0 saturated carbocycles. The van der Waals surface area contributed by atoms with Gasteiger partial charge in [-0.15, -0.1) is 0 Å². The van der Waals surface area contributed by atoms with E-state index in [2.05, 4.69) is 198 Å². The highest BCUT2D eigenvalue weighted by atomic mass is 15.2. The Bertz CT molecular complexity index is 2280. The fraction of sp³-hybridized carbons (Fsp3) is 0.0444. The molecule has 48 heavy (non-hydrogen) atoms. The molecule has 3 aliphatic carbocycles. The van der Waals surface area contributed by atoms with Crippen LogP contribution in [0.25, 0.3) is 16.3 Å². The number of allylic oxidation sites excluding steroid dienone is 11. The minimum absolute atomic E-state index is 0.0651.